The first kappa shape index (κ1) is 10.8. The highest BCUT2D eigenvalue weighted by atomic mass is 19.3. The van der Waals surface area contributed by atoms with Gasteiger partial charge in [0.15, 0.2) is 0 Å². The van der Waals surface area contributed by atoms with Gasteiger partial charge in [-0.1, -0.05) is 6.07 Å². The van der Waals surface area contributed by atoms with Crippen LogP contribution in [0.25, 0.3) is 0 Å². The maximum atomic E-state index is 12.0. The fraction of sp³-hybridized carbons (Fsp3) is 0.444. The Kier molecular flexibility index (Phi) is 3.00. The van der Waals surface area contributed by atoms with Crippen LogP contribution in [0, 0.1) is 0 Å². The Hall–Kier alpha value is -1.23. The Bertz CT molecular complexity index is 310. The second-order valence-corrected chi connectivity index (χ2v) is 3.46. The Labute approximate surface area is 80.9 Å². The third kappa shape index (κ3) is 2.63. The molecule has 0 aromatic carbocycles. The van der Waals surface area contributed by atoms with E-state index in [4.69, 9.17) is 5.73 Å². The minimum absolute atomic E-state index is 0.116. The van der Waals surface area contributed by atoms with Crippen LogP contribution >= 0.6 is 0 Å². The van der Waals surface area contributed by atoms with Gasteiger partial charge in [-0.15, -0.1) is 0 Å². The van der Waals surface area contributed by atoms with Crippen LogP contribution in [0.2, 0.25) is 0 Å². The lowest BCUT2D eigenvalue weighted by molar-refractivity contribution is -0.0539. The van der Waals surface area contributed by atoms with E-state index in [1.165, 1.54) is 6.20 Å². The molecule has 5 heteroatoms. The molecule has 2 N–H and O–H groups in total. The summed E-state index contributed by atoms with van der Waals surface area (Å²) in [6.07, 6.45) is 1.38. The maximum absolute atomic E-state index is 12.0. The largest absolute Gasteiger partial charge is 0.417 e. The van der Waals surface area contributed by atoms with Crippen molar-refractivity contribution in [2.75, 3.05) is 0 Å². The standard InChI is InChI=1S/C9H12F2N2O/c1-9(2,12)6-4-3-5-13-7(6)14-8(10)11/h3-5,8H,12H2,1-2H3. The Morgan fingerprint density at radius 1 is 1.50 bits per heavy atom. The van der Waals surface area contributed by atoms with Gasteiger partial charge in [0.2, 0.25) is 5.88 Å². The second-order valence-electron chi connectivity index (χ2n) is 3.46. The highest BCUT2D eigenvalue weighted by molar-refractivity contribution is 5.31. The molecule has 0 bridgehead atoms. The number of nitrogens with two attached hydrogens (primary N) is 1. The van der Waals surface area contributed by atoms with E-state index < -0.39 is 12.2 Å². The van der Waals surface area contributed by atoms with Crippen molar-refractivity contribution in [3.05, 3.63) is 23.9 Å². The van der Waals surface area contributed by atoms with E-state index >= 15 is 0 Å². The summed E-state index contributed by atoms with van der Waals surface area (Å²) in [5.74, 6) is -0.116. The smallest absolute Gasteiger partial charge is 0.388 e. The molecule has 1 aromatic heterocycles. The van der Waals surface area contributed by atoms with E-state index in [0.29, 0.717) is 5.56 Å². The number of rotatable bonds is 3. The molecule has 1 rings (SSSR count). The number of hydrogen-bond acceptors (Lipinski definition) is 3. The minimum Gasteiger partial charge on any atom is -0.417 e. The van der Waals surface area contributed by atoms with Gasteiger partial charge in [0, 0.05) is 17.3 Å². The van der Waals surface area contributed by atoms with Crippen LogP contribution in [-0.4, -0.2) is 11.6 Å². The summed E-state index contributed by atoms with van der Waals surface area (Å²) in [7, 11) is 0. The van der Waals surface area contributed by atoms with Gasteiger partial charge in [-0.25, -0.2) is 4.98 Å². The highest BCUT2D eigenvalue weighted by Crippen LogP contribution is 2.26. The number of aromatic nitrogens is 1. The third-order valence-electron chi connectivity index (χ3n) is 1.67. The molecule has 0 fully saturated rings. The molecule has 0 radical (unpaired) electrons. The SMILES string of the molecule is CC(C)(N)c1cccnc1OC(F)F. The van der Waals surface area contributed by atoms with E-state index in [0.717, 1.165) is 0 Å². The van der Waals surface area contributed by atoms with Crippen LogP contribution in [0.5, 0.6) is 5.88 Å². The summed E-state index contributed by atoms with van der Waals surface area (Å²) in [5.41, 5.74) is 5.48. The number of pyridine rings is 1. The molecule has 78 valence electrons. The number of alkyl halides is 2. The van der Waals surface area contributed by atoms with Crippen molar-refractivity contribution in [1.82, 2.24) is 4.98 Å². The number of ether oxygens (including phenoxy) is 1. The molecular formula is C9H12F2N2O. The summed E-state index contributed by atoms with van der Waals surface area (Å²) in [6, 6.07) is 3.24. The van der Waals surface area contributed by atoms with Gasteiger partial charge in [-0.3, -0.25) is 0 Å². The summed E-state index contributed by atoms with van der Waals surface area (Å²) >= 11 is 0. The summed E-state index contributed by atoms with van der Waals surface area (Å²) in [5, 5.41) is 0. The van der Waals surface area contributed by atoms with Crippen LogP contribution in [0.4, 0.5) is 8.78 Å². The Morgan fingerprint density at radius 3 is 2.64 bits per heavy atom. The zero-order valence-electron chi connectivity index (χ0n) is 8.00. The maximum Gasteiger partial charge on any atom is 0.388 e. The average Bonchev–Trinajstić information content (AvgIpc) is 2.01. The minimum atomic E-state index is -2.88. The Balaban J connectivity index is 3.04. The number of hydrogen-bond donors (Lipinski definition) is 1. The van der Waals surface area contributed by atoms with Gasteiger partial charge >= 0.3 is 6.61 Å². The van der Waals surface area contributed by atoms with Crippen molar-refractivity contribution in [3.63, 3.8) is 0 Å². The fourth-order valence-electron chi connectivity index (χ4n) is 1.06. The van der Waals surface area contributed by atoms with Gasteiger partial charge in [-0.2, -0.15) is 8.78 Å². The van der Waals surface area contributed by atoms with E-state index in [2.05, 4.69) is 9.72 Å². The average molecular weight is 202 g/mol. The van der Waals surface area contributed by atoms with Crippen molar-refractivity contribution in [2.24, 2.45) is 5.73 Å². The van der Waals surface area contributed by atoms with Gasteiger partial charge in [0.25, 0.3) is 0 Å². The summed E-state index contributed by atoms with van der Waals surface area (Å²) in [4.78, 5) is 3.70. The molecular weight excluding hydrogens is 190 g/mol. The van der Waals surface area contributed by atoms with Gasteiger partial charge < -0.3 is 10.5 Å². The van der Waals surface area contributed by atoms with E-state index in [1.54, 1.807) is 26.0 Å². The van der Waals surface area contributed by atoms with E-state index in [9.17, 15) is 8.78 Å². The molecule has 0 spiro atoms. The second kappa shape index (κ2) is 3.88. The lowest BCUT2D eigenvalue weighted by Gasteiger charge is -2.21. The molecule has 0 amide bonds. The van der Waals surface area contributed by atoms with Crippen LogP contribution in [0.15, 0.2) is 18.3 Å². The quantitative estimate of drug-likeness (QED) is 0.814. The van der Waals surface area contributed by atoms with Crippen molar-refractivity contribution < 1.29 is 13.5 Å². The lowest BCUT2D eigenvalue weighted by atomic mass is 9.97. The van der Waals surface area contributed by atoms with Crippen molar-refractivity contribution in [3.8, 4) is 5.88 Å². The molecule has 0 unspecified atom stereocenters. The molecule has 0 saturated heterocycles. The van der Waals surface area contributed by atoms with Crippen LogP contribution in [0.3, 0.4) is 0 Å². The molecule has 0 atom stereocenters. The monoisotopic (exact) mass is 202 g/mol. The fourth-order valence-corrected chi connectivity index (χ4v) is 1.06. The van der Waals surface area contributed by atoms with Crippen LogP contribution in [0.1, 0.15) is 19.4 Å². The first-order chi connectivity index (χ1) is 6.41. The molecule has 3 nitrogen and oxygen atoms in total. The Morgan fingerprint density at radius 2 is 2.14 bits per heavy atom. The lowest BCUT2D eigenvalue weighted by Crippen LogP contribution is -2.29. The van der Waals surface area contributed by atoms with Crippen molar-refractivity contribution in [1.29, 1.82) is 0 Å². The molecule has 0 saturated carbocycles. The highest BCUT2D eigenvalue weighted by Gasteiger charge is 2.21. The van der Waals surface area contributed by atoms with Gasteiger partial charge in [-0.05, 0) is 19.9 Å². The van der Waals surface area contributed by atoms with Crippen LogP contribution in [-0.2, 0) is 5.54 Å². The van der Waals surface area contributed by atoms with Crippen molar-refractivity contribution >= 4 is 0 Å². The summed E-state index contributed by atoms with van der Waals surface area (Å²) in [6.45, 7) is 0.510. The predicted molar refractivity (Wildman–Crippen MR) is 48.1 cm³/mol. The first-order valence-electron chi connectivity index (χ1n) is 4.10. The molecule has 0 aliphatic carbocycles. The van der Waals surface area contributed by atoms with Gasteiger partial charge in [0.05, 0.1) is 0 Å². The zero-order chi connectivity index (χ0) is 10.8. The topological polar surface area (TPSA) is 48.1 Å². The van der Waals surface area contributed by atoms with Crippen molar-refractivity contribution in [2.45, 2.75) is 26.0 Å². The number of halogens is 2. The normalized spacial score (nSPS) is 11.9. The predicted octanol–water partition coefficient (Wildman–Crippen LogP) is 1.88. The van der Waals surface area contributed by atoms with E-state index in [1.807, 2.05) is 0 Å². The third-order valence-corrected chi connectivity index (χ3v) is 1.67. The number of nitrogens with zero attached hydrogens (tertiary/aromatic N) is 1. The van der Waals surface area contributed by atoms with Gasteiger partial charge in [0.1, 0.15) is 0 Å². The molecule has 0 aliphatic rings. The van der Waals surface area contributed by atoms with Crippen LogP contribution < -0.4 is 10.5 Å². The molecule has 1 aromatic rings. The molecule has 14 heavy (non-hydrogen) atoms. The first-order valence-corrected chi connectivity index (χ1v) is 4.10. The summed E-state index contributed by atoms with van der Waals surface area (Å²) < 4.78 is 28.2. The van der Waals surface area contributed by atoms with E-state index in [-0.39, 0.29) is 5.88 Å². The molecule has 0 aliphatic heterocycles. The molecule has 1 heterocycles. The zero-order valence-corrected chi connectivity index (χ0v) is 8.00.